The first-order chi connectivity index (χ1) is 16.2. The molecule has 0 radical (unpaired) electrons. The second kappa shape index (κ2) is 10.7. The van der Waals surface area contributed by atoms with Crippen LogP contribution in [-0.2, 0) is 9.53 Å². The number of amides is 2. The maximum Gasteiger partial charge on any atom is 0.414 e. The van der Waals surface area contributed by atoms with E-state index in [-0.39, 0.29) is 5.75 Å². The van der Waals surface area contributed by atoms with Crippen molar-refractivity contribution in [1.29, 1.82) is 0 Å². The Bertz CT molecular complexity index is 1220. The number of hydrogen-bond acceptors (Lipinski definition) is 5. The quantitative estimate of drug-likeness (QED) is 0.376. The van der Waals surface area contributed by atoms with E-state index >= 15 is 0 Å². The molecular weight excluding hydrogens is 434 g/mol. The SMILES string of the molecule is CC(C)(CC/C=C/C(=O)O)[C@H](OC(=O)NC(=O)c1ccccc1)c1ccc(O)c2ccccc12. The molecule has 0 saturated heterocycles. The molecule has 7 nitrogen and oxygen atoms in total. The van der Waals surface area contributed by atoms with E-state index in [2.05, 4.69) is 5.32 Å². The number of alkyl carbamates (subject to hydrolysis) is 1. The van der Waals surface area contributed by atoms with Crippen LogP contribution in [0.15, 0.2) is 78.9 Å². The Morgan fingerprint density at radius 2 is 1.62 bits per heavy atom. The minimum atomic E-state index is -1.03. The zero-order chi connectivity index (χ0) is 24.7. The molecule has 0 aliphatic heterocycles. The summed E-state index contributed by atoms with van der Waals surface area (Å²) in [4.78, 5) is 36.0. The monoisotopic (exact) mass is 461 g/mol. The molecule has 3 aromatic carbocycles. The van der Waals surface area contributed by atoms with Gasteiger partial charge in [-0.2, -0.15) is 0 Å². The van der Waals surface area contributed by atoms with E-state index in [0.29, 0.717) is 34.7 Å². The van der Waals surface area contributed by atoms with Gasteiger partial charge < -0.3 is 14.9 Å². The van der Waals surface area contributed by atoms with Crippen LogP contribution < -0.4 is 5.32 Å². The first kappa shape index (κ1) is 24.5. The van der Waals surface area contributed by atoms with Gasteiger partial charge in [-0.15, -0.1) is 0 Å². The van der Waals surface area contributed by atoms with Gasteiger partial charge in [0.25, 0.3) is 5.91 Å². The van der Waals surface area contributed by atoms with Crippen molar-refractivity contribution in [2.45, 2.75) is 32.8 Å². The molecule has 0 aliphatic rings. The highest BCUT2D eigenvalue weighted by molar-refractivity contribution is 6.03. The van der Waals surface area contributed by atoms with Gasteiger partial charge in [-0.1, -0.05) is 68.5 Å². The molecule has 0 spiro atoms. The number of ether oxygens (including phenoxy) is 1. The van der Waals surface area contributed by atoms with Crippen molar-refractivity contribution < 1.29 is 29.3 Å². The molecule has 34 heavy (non-hydrogen) atoms. The van der Waals surface area contributed by atoms with Crippen LogP contribution >= 0.6 is 0 Å². The summed E-state index contributed by atoms with van der Waals surface area (Å²) in [7, 11) is 0. The number of imide groups is 1. The number of carbonyl (C=O) groups is 3. The number of rotatable bonds is 8. The average molecular weight is 462 g/mol. The predicted molar refractivity (Wildman–Crippen MR) is 129 cm³/mol. The van der Waals surface area contributed by atoms with Crippen molar-refractivity contribution >= 4 is 28.7 Å². The molecular formula is C27H27NO6. The van der Waals surface area contributed by atoms with E-state index in [4.69, 9.17) is 9.84 Å². The van der Waals surface area contributed by atoms with Crippen molar-refractivity contribution in [3.05, 3.63) is 90.0 Å². The number of phenols is 1. The van der Waals surface area contributed by atoms with Crippen molar-refractivity contribution in [3.8, 4) is 5.75 Å². The van der Waals surface area contributed by atoms with Gasteiger partial charge in [0.05, 0.1) is 0 Å². The Morgan fingerprint density at radius 1 is 0.971 bits per heavy atom. The first-order valence-corrected chi connectivity index (χ1v) is 10.9. The normalized spacial score (nSPS) is 12.4. The molecule has 0 bridgehead atoms. The van der Waals surface area contributed by atoms with Crippen LogP contribution in [0.1, 0.15) is 48.7 Å². The van der Waals surface area contributed by atoms with Gasteiger partial charge in [-0.05, 0) is 36.4 Å². The molecule has 0 aliphatic carbocycles. The van der Waals surface area contributed by atoms with Crippen LogP contribution in [0.4, 0.5) is 4.79 Å². The van der Waals surface area contributed by atoms with Crippen LogP contribution in [0.2, 0.25) is 0 Å². The Balaban J connectivity index is 1.92. The summed E-state index contributed by atoms with van der Waals surface area (Å²) < 4.78 is 5.83. The molecule has 3 aromatic rings. The predicted octanol–water partition coefficient (Wildman–Crippen LogP) is 5.60. The van der Waals surface area contributed by atoms with Crippen LogP contribution in [0, 0.1) is 5.41 Å². The first-order valence-electron chi connectivity index (χ1n) is 10.9. The number of phenolic OH excluding ortho intramolecular Hbond substituents is 1. The number of carbonyl (C=O) groups excluding carboxylic acids is 2. The molecule has 0 heterocycles. The molecule has 1 atom stereocenters. The molecule has 3 rings (SSSR count). The summed E-state index contributed by atoms with van der Waals surface area (Å²) in [6.45, 7) is 3.81. The van der Waals surface area contributed by atoms with Crippen molar-refractivity contribution in [1.82, 2.24) is 5.32 Å². The number of hydrogen-bond donors (Lipinski definition) is 3. The average Bonchev–Trinajstić information content (AvgIpc) is 2.81. The minimum absolute atomic E-state index is 0.101. The number of carboxylic acids is 1. The number of allylic oxidation sites excluding steroid dienone is 1. The van der Waals surface area contributed by atoms with Gasteiger partial charge in [-0.3, -0.25) is 10.1 Å². The Morgan fingerprint density at radius 3 is 2.29 bits per heavy atom. The molecule has 0 fully saturated rings. The zero-order valence-electron chi connectivity index (χ0n) is 19.0. The summed E-state index contributed by atoms with van der Waals surface area (Å²) in [5, 5.41) is 22.7. The maximum atomic E-state index is 12.8. The second-order valence-corrected chi connectivity index (χ2v) is 8.59. The lowest BCUT2D eigenvalue weighted by Gasteiger charge is -2.34. The van der Waals surface area contributed by atoms with Crippen LogP contribution in [0.5, 0.6) is 5.75 Å². The Kier molecular flexibility index (Phi) is 7.68. The molecule has 176 valence electrons. The van der Waals surface area contributed by atoms with Gasteiger partial charge >= 0.3 is 12.1 Å². The molecule has 7 heteroatoms. The summed E-state index contributed by atoms with van der Waals surface area (Å²) in [5.74, 6) is -1.51. The number of benzene rings is 3. The van der Waals surface area contributed by atoms with E-state index in [1.54, 1.807) is 60.7 Å². The van der Waals surface area contributed by atoms with Crippen molar-refractivity contribution in [3.63, 3.8) is 0 Å². The lowest BCUT2D eigenvalue weighted by atomic mass is 9.77. The van der Waals surface area contributed by atoms with Gasteiger partial charge in [0.1, 0.15) is 11.9 Å². The highest BCUT2D eigenvalue weighted by Crippen LogP contribution is 2.44. The molecule has 0 saturated carbocycles. The summed E-state index contributed by atoms with van der Waals surface area (Å²) >= 11 is 0. The van der Waals surface area contributed by atoms with Gasteiger partial charge in [0, 0.05) is 28.0 Å². The minimum Gasteiger partial charge on any atom is -0.507 e. The van der Waals surface area contributed by atoms with Crippen LogP contribution in [0.3, 0.4) is 0 Å². The molecule has 0 unspecified atom stereocenters. The third kappa shape index (κ3) is 6.01. The largest absolute Gasteiger partial charge is 0.507 e. The summed E-state index contributed by atoms with van der Waals surface area (Å²) in [6, 6.07) is 18.8. The number of aromatic hydroxyl groups is 1. The lowest BCUT2D eigenvalue weighted by Crippen LogP contribution is -2.35. The lowest BCUT2D eigenvalue weighted by molar-refractivity contribution is -0.131. The van der Waals surface area contributed by atoms with Crippen LogP contribution in [-0.4, -0.2) is 28.2 Å². The standard InChI is InChI=1S/C27H27NO6/c1-27(2,17-9-8-14-23(30)31)24(21-15-16-22(29)20-13-7-6-12-19(20)21)34-26(33)28-25(32)18-10-4-3-5-11-18/h3-8,10-16,24,29H,9,17H2,1-2H3,(H,30,31)(H,28,32,33)/b14-8+/t24-/m1/s1. The fourth-order valence-corrected chi connectivity index (χ4v) is 3.84. The topological polar surface area (TPSA) is 113 Å². The maximum absolute atomic E-state index is 12.8. The number of fused-ring (bicyclic) bond motifs is 1. The molecule has 0 aromatic heterocycles. The van der Waals surface area contributed by atoms with E-state index in [9.17, 15) is 19.5 Å². The Labute approximate surface area is 197 Å². The second-order valence-electron chi connectivity index (χ2n) is 8.59. The summed E-state index contributed by atoms with van der Waals surface area (Å²) in [5.41, 5.74) is 0.350. The number of aliphatic carboxylic acids is 1. The number of carboxylic acid groups (broad SMARTS) is 1. The highest BCUT2D eigenvalue weighted by Gasteiger charge is 2.35. The highest BCUT2D eigenvalue weighted by atomic mass is 16.6. The van der Waals surface area contributed by atoms with E-state index in [0.717, 1.165) is 6.08 Å². The van der Waals surface area contributed by atoms with Crippen molar-refractivity contribution in [2.75, 3.05) is 0 Å². The fourth-order valence-electron chi connectivity index (χ4n) is 3.84. The summed E-state index contributed by atoms with van der Waals surface area (Å²) in [6.07, 6.45) is 1.88. The Hall–Kier alpha value is -4.13. The van der Waals surface area contributed by atoms with E-state index < -0.39 is 29.5 Å². The van der Waals surface area contributed by atoms with Crippen molar-refractivity contribution in [2.24, 2.45) is 5.41 Å². The van der Waals surface area contributed by atoms with Gasteiger partial charge in [0.15, 0.2) is 0 Å². The van der Waals surface area contributed by atoms with Crippen LogP contribution in [0.25, 0.3) is 10.8 Å². The number of nitrogens with one attached hydrogen (secondary N) is 1. The fraction of sp³-hybridized carbons (Fsp3) is 0.222. The molecule has 2 amide bonds. The zero-order valence-corrected chi connectivity index (χ0v) is 19.0. The third-order valence-corrected chi connectivity index (χ3v) is 5.62. The van der Waals surface area contributed by atoms with Gasteiger partial charge in [-0.25, -0.2) is 9.59 Å². The van der Waals surface area contributed by atoms with E-state index in [1.807, 2.05) is 26.0 Å². The van der Waals surface area contributed by atoms with Gasteiger partial charge in [0.2, 0.25) is 0 Å². The molecule has 3 N–H and O–H groups in total. The van der Waals surface area contributed by atoms with E-state index in [1.165, 1.54) is 0 Å². The smallest absolute Gasteiger partial charge is 0.414 e. The third-order valence-electron chi connectivity index (χ3n) is 5.62.